The average molecular weight is 525 g/mol. The van der Waals surface area contributed by atoms with Gasteiger partial charge in [0.05, 0.1) is 26.4 Å². The van der Waals surface area contributed by atoms with Crippen LogP contribution in [0.3, 0.4) is 0 Å². The molecule has 0 amide bonds. The van der Waals surface area contributed by atoms with Crippen LogP contribution < -0.4 is 0 Å². The summed E-state index contributed by atoms with van der Waals surface area (Å²) in [7, 11) is 0. The van der Waals surface area contributed by atoms with Crippen molar-refractivity contribution in [3.63, 3.8) is 0 Å². The summed E-state index contributed by atoms with van der Waals surface area (Å²) in [6.45, 7) is 12.9. The summed E-state index contributed by atoms with van der Waals surface area (Å²) in [5.41, 5.74) is 1.71. The maximum absolute atomic E-state index is 11.6. The van der Waals surface area contributed by atoms with E-state index >= 15 is 0 Å². The molecule has 2 aromatic rings. The minimum atomic E-state index is -0.736. The third kappa shape index (κ3) is 12.2. The minimum absolute atomic E-state index is 0.0557. The lowest BCUT2D eigenvalue weighted by Crippen LogP contribution is -2.19. The van der Waals surface area contributed by atoms with Crippen molar-refractivity contribution in [3.8, 4) is 0 Å². The summed E-state index contributed by atoms with van der Waals surface area (Å²) >= 11 is 0. The van der Waals surface area contributed by atoms with Crippen molar-refractivity contribution in [2.24, 2.45) is 0 Å². The second-order valence-electron chi connectivity index (χ2n) is 8.03. The summed E-state index contributed by atoms with van der Waals surface area (Å²) in [5.74, 6) is -2.86. The number of benzene rings is 2. The largest absolute Gasteiger partial charge is 0.462 e. The van der Waals surface area contributed by atoms with Gasteiger partial charge in [-0.1, -0.05) is 80.7 Å². The Kier molecular flexibility index (Phi) is 15.2. The minimum Gasteiger partial charge on any atom is -0.462 e. The fourth-order valence-electron chi connectivity index (χ4n) is 2.94. The van der Waals surface area contributed by atoms with Crippen LogP contribution in [0.25, 0.3) is 0 Å². The monoisotopic (exact) mass is 524 g/mol. The highest BCUT2D eigenvalue weighted by molar-refractivity contribution is 6.13. The molecule has 0 saturated heterocycles. The van der Waals surface area contributed by atoms with Gasteiger partial charge in [0.25, 0.3) is 0 Å². The van der Waals surface area contributed by atoms with Crippen molar-refractivity contribution in [1.29, 1.82) is 0 Å². The Balaban J connectivity index is 0.000000380. The lowest BCUT2D eigenvalue weighted by molar-refractivity contribution is -0.148. The van der Waals surface area contributed by atoms with E-state index in [2.05, 4.69) is 22.6 Å². The van der Waals surface area contributed by atoms with Crippen LogP contribution in [0.2, 0.25) is 0 Å². The van der Waals surface area contributed by atoms with Crippen LogP contribution in [0.1, 0.15) is 44.2 Å². The van der Waals surface area contributed by atoms with E-state index in [0.29, 0.717) is 6.42 Å². The molecule has 1 unspecified atom stereocenters. The van der Waals surface area contributed by atoms with Crippen LogP contribution in [0, 0.1) is 0 Å². The smallest absolute Gasteiger partial charge is 0.344 e. The fourth-order valence-corrected chi connectivity index (χ4v) is 2.94. The van der Waals surface area contributed by atoms with E-state index in [4.69, 9.17) is 9.47 Å². The zero-order valence-corrected chi connectivity index (χ0v) is 22.3. The van der Waals surface area contributed by atoms with Gasteiger partial charge in [-0.15, -0.1) is 0 Å². The van der Waals surface area contributed by atoms with Crippen molar-refractivity contribution in [1.82, 2.24) is 0 Å². The summed E-state index contributed by atoms with van der Waals surface area (Å²) in [6, 6.07) is 19.6. The molecule has 0 aromatic heterocycles. The molecule has 8 heteroatoms. The highest BCUT2D eigenvalue weighted by Crippen LogP contribution is 2.15. The molecule has 2 rings (SSSR count). The Morgan fingerprint density at radius 2 is 1.13 bits per heavy atom. The molecule has 0 aliphatic rings. The molecule has 0 saturated carbocycles. The topological polar surface area (TPSA) is 105 Å². The second-order valence-corrected chi connectivity index (χ2v) is 8.03. The van der Waals surface area contributed by atoms with Gasteiger partial charge in [0, 0.05) is 5.92 Å². The van der Waals surface area contributed by atoms with Crippen molar-refractivity contribution < 1.29 is 38.1 Å². The van der Waals surface area contributed by atoms with Gasteiger partial charge >= 0.3 is 23.9 Å². The normalized spacial score (nSPS) is 10.6. The van der Waals surface area contributed by atoms with Gasteiger partial charge in [0.15, 0.2) is 0 Å². The summed E-state index contributed by atoms with van der Waals surface area (Å²) < 4.78 is 19.3. The van der Waals surface area contributed by atoms with Crippen molar-refractivity contribution in [3.05, 3.63) is 96.1 Å². The van der Waals surface area contributed by atoms with Crippen LogP contribution in [0.5, 0.6) is 0 Å². The molecule has 0 N–H and O–H groups in total. The Bertz CT molecular complexity index is 1060. The van der Waals surface area contributed by atoms with E-state index in [-0.39, 0.29) is 43.5 Å². The lowest BCUT2D eigenvalue weighted by atomic mass is 10.0. The van der Waals surface area contributed by atoms with Crippen LogP contribution in [-0.2, 0) is 44.5 Å². The Morgan fingerprint density at radius 1 is 0.684 bits per heavy atom. The van der Waals surface area contributed by atoms with Crippen LogP contribution >= 0.6 is 0 Å². The molecular formula is C30H36O8. The first kappa shape index (κ1) is 31.8. The number of aryl methyl sites for hydroxylation is 1. The highest BCUT2D eigenvalue weighted by atomic mass is 16.6. The van der Waals surface area contributed by atoms with E-state index in [1.54, 1.807) is 13.8 Å². The summed E-state index contributed by atoms with van der Waals surface area (Å²) in [4.78, 5) is 45.5. The van der Waals surface area contributed by atoms with Crippen LogP contribution in [0.4, 0.5) is 0 Å². The van der Waals surface area contributed by atoms with Gasteiger partial charge in [-0.2, -0.15) is 0 Å². The third-order valence-corrected chi connectivity index (χ3v) is 5.06. The van der Waals surface area contributed by atoms with Gasteiger partial charge < -0.3 is 18.9 Å². The number of esters is 4. The van der Waals surface area contributed by atoms with E-state index < -0.39 is 23.9 Å². The van der Waals surface area contributed by atoms with E-state index in [1.807, 2.05) is 67.6 Å². The van der Waals surface area contributed by atoms with E-state index in [0.717, 1.165) is 12.0 Å². The first-order valence-electron chi connectivity index (χ1n) is 12.4. The first-order valence-corrected chi connectivity index (χ1v) is 12.4. The molecule has 0 aliphatic heterocycles. The molecule has 0 spiro atoms. The molecule has 0 fully saturated rings. The molecule has 0 bridgehead atoms. The predicted molar refractivity (Wildman–Crippen MR) is 143 cm³/mol. The Hall–Kier alpha value is -4.20. The fraction of sp³-hybridized carbons (Fsp3) is 0.333. The summed E-state index contributed by atoms with van der Waals surface area (Å²) in [5, 5.41) is 0. The van der Waals surface area contributed by atoms with E-state index in [1.165, 1.54) is 5.56 Å². The molecule has 0 radical (unpaired) electrons. The number of carbonyl (C=O) groups excluding carboxylic acids is 4. The lowest BCUT2D eigenvalue weighted by Gasteiger charge is -2.12. The molecule has 0 heterocycles. The zero-order chi connectivity index (χ0) is 28.3. The van der Waals surface area contributed by atoms with Gasteiger partial charge in [0.2, 0.25) is 0 Å². The molecule has 38 heavy (non-hydrogen) atoms. The SMILES string of the molecule is C=C(C(=O)OCC)C(=O)OCC(C)c1ccccc1.C=C(C(=O)OCC)C(=O)OCCCc1ccccc1. The van der Waals surface area contributed by atoms with Gasteiger partial charge in [0.1, 0.15) is 11.1 Å². The molecule has 1 atom stereocenters. The Morgan fingerprint density at radius 3 is 1.63 bits per heavy atom. The van der Waals surface area contributed by atoms with Gasteiger partial charge in [-0.3, -0.25) is 0 Å². The number of hydrogen-bond acceptors (Lipinski definition) is 8. The van der Waals surface area contributed by atoms with Crippen molar-refractivity contribution in [2.45, 2.75) is 39.5 Å². The second kappa shape index (κ2) is 18.1. The zero-order valence-electron chi connectivity index (χ0n) is 22.3. The number of ether oxygens (including phenoxy) is 4. The number of carbonyl (C=O) groups is 4. The number of rotatable bonds is 13. The van der Waals surface area contributed by atoms with Gasteiger partial charge in [-0.25, -0.2) is 19.2 Å². The third-order valence-electron chi connectivity index (χ3n) is 5.06. The molecule has 0 aliphatic carbocycles. The van der Waals surface area contributed by atoms with Crippen LogP contribution in [0.15, 0.2) is 85.0 Å². The predicted octanol–water partition coefficient (Wildman–Crippen LogP) is 4.73. The average Bonchev–Trinajstić information content (AvgIpc) is 2.94. The molecule has 2 aromatic carbocycles. The molecular weight excluding hydrogens is 488 g/mol. The first-order chi connectivity index (χ1) is 18.2. The van der Waals surface area contributed by atoms with E-state index in [9.17, 15) is 19.2 Å². The maximum Gasteiger partial charge on any atom is 0.344 e. The van der Waals surface area contributed by atoms with Crippen molar-refractivity contribution in [2.75, 3.05) is 26.4 Å². The molecule has 204 valence electrons. The quantitative estimate of drug-likeness (QED) is 0.0925. The van der Waals surface area contributed by atoms with Crippen molar-refractivity contribution >= 4 is 23.9 Å². The number of hydrogen-bond donors (Lipinski definition) is 0. The van der Waals surface area contributed by atoms with Gasteiger partial charge in [-0.05, 0) is 37.8 Å². The summed E-state index contributed by atoms with van der Waals surface area (Å²) in [6.07, 6.45) is 1.52. The maximum atomic E-state index is 11.6. The standard InChI is InChI=1S/2C15H18O4/c1-4-18-14(16)12(3)15(17)19-10-11(2)13-8-6-5-7-9-13;1-3-18-14(16)12(2)15(17)19-11-7-10-13-8-5-4-6-9-13/h5-9,11H,3-4,10H2,1-2H3;4-6,8-9H,2-3,7,10-11H2,1H3. The molecule has 8 nitrogen and oxygen atoms in total. The Labute approximate surface area is 224 Å². The van der Waals surface area contributed by atoms with Crippen LogP contribution in [-0.4, -0.2) is 50.3 Å². The highest BCUT2D eigenvalue weighted by Gasteiger charge is 2.20.